The number of methoxy groups -OCH3 is 2. The van der Waals surface area contributed by atoms with E-state index in [1.54, 1.807) is 14.2 Å². The molecule has 1 aliphatic carbocycles. The predicted molar refractivity (Wildman–Crippen MR) is 154 cm³/mol. The number of hydrogen-bond acceptors (Lipinski definition) is 6. The van der Waals surface area contributed by atoms with Crippen LogP contribution in [0.1, 0.15) is 42.0 Å². The maximum atomic E-state index is 14.1. The number of esters is 1. The number of rotatable bonds is 8. The smallest absolute Gasteiger partial charge is 0.310 e. The van der Waals surface area contributed by atoms with Gasteiger partial charge < -0.3 is 14.2 Å². The Morgan fingerprint density at radius 1 is 1.02 bits per heavy atom. The van der Waals surface area contributed by atoms with E-state index >= 15 is 0 Å². The lowest BCUT2D eigenvalue weighted by Crippen LogP contribution is -2.34. The van der Waals surface area contributed by atoms with Crippen LogP contribution in [0.3, 0.4) is 0 Å². The van der Waals surface area contributed by atoms with E-state index in [2.05, 4.69) is 6.08 Å². The fourth-order valence-corrected chi connectivity index (χ4v) is 5.58. The Kier molecular flexibility index (Phi) is 8.69. The third-order valence-corrected chi connectivity index (χ3v) is 7.76. The van der Waals surface area contributed by atoms with Crippen LogP contribution < -0.4 is 9.47 Å². The molecule has 1 saturated carbocycles. The molecule has 7 nitrogen and oxygen atoms in total. The van der Waals surface area contributed by atoms with Gasteiger partial charge in [0.05, 0.1) is 32.4 Å². The van der Waals surface area contributed by atoms with E-state index in [0.29, 0.717) is 5.75 Å². The number of hydrogen-bond donors (Lipinski definition) is 0. The Labute approximate surface area is 243 Å². The highest BCUT2D eigenvalue weighted by Gasteiger charge is 2.43. The molecule has 0 N–H and O–H groups in total. The molecule has 1 fully saturated rings. The summed E-state index contributed by atoms with van der Waals surface area (Å²) in [5, 5.41) is 6.37. The van der Waals surface area contributed by atoms with E-state index in [4.69, 9.17) is 30.9 Å². The zero-order chi connectivity index (χ0) is 28.9. The number of amides is 1. The SMILES string of the molecule is COc1ccc(C=C2CCCC3C2=NN(C(=O)COC(=O)Cc2c(F)cccc2Cl)C3c2ccc(OC)cc2)cc1. The Hall–Kier alpha value is -4.17. The topological polar surface area (TPSA) is 77.4 Å². The standard InChI is InChI=1S/C32H30ClFN2O5/c1-39-23-13-9-20(10-14-23)17-22-5-3-6-25-31(22)35-36(32(25)21-11-15-24(40-2)16-12-21)29(37)19-41-30(38)18-26-27(33)7-4-8-28(26)34/h4,7-17,25,32H,3,5-6,18-19H2,1-2H3. The van der Waals surface area contributed by atoms with Crippen molar-refractivity contribution in [2.75, 3.05) is 20.8 Å². The number of halogens is 2. The number of allylic oxidation sites excluding steroid dienone is 1. The predicted octanol–water partition coefficient (Wildman–Crippen LogP) is 6.41. The molecule has 3 aromatic rings. The first-order valence-electron chi connectivity index (χ1n) is 13.4. The first-order chi connectivity index (χ1) is 19.9. The summed E-state index contributed by atoms with van der Waals surface area (Å²) in [7, 11) is 3.23. The van der Waals surface area contributed by atoms with Gasteiger partial charge in [-0.2, -0.15) is 5.10 Å². The lowest BCUT2D eigenvalue weighted by atomic mass is 9.77. The molecule has 0 aromatic heterocycles. The van der Waals surface area contributed by atoms with E-state index in [0.717, 1.165) is 47.4 Å². The van der Waals surface area contributed by atoms with E-state index < -0.39 is 24.3 Å². The summed E-state index contributed by atoms with van der Waals surface area (Å²) >= 11 is 6.04. The highest BCUT2D eigenvalue weighted by Crippen LogP contribution is 2.44. The molecule has 212 valence electrons. The number of fused-ring (bicyclic) bond motifs is 1. The van der Waals surface area contributed by atoms with Crippen LogP contribution in [0.4, 0.5) is 4.39 Å². The molecular formula is C32H30ClFN2O5. The molecule has 0 spiro atoms. The molecule has 0 bridgehead atoms. The second kappa shape index (κ2) is 12.6. The summed E-state index contributed by atoms with van der Waals surface area (Å²) in [5.74, 6) is -0.379. The minimum atomic E-state index is -0.754. The third-order valence-electron chi connectivity index (χ3n) is 7.41. The molecule has 0 saturated heterocycles. The second-order valence-electron chi connectivity index (χ2n) is 9.92. The molecule has 41 heavy (non-hydrogen) atoms. The van der Waals surface area contributed by atoms with E-state index in [-0.39, 0.29) is 29.0 Å². The van der Waals surface area contributed by atoms with E-state index in [1.165, 1.54) is 23.2 Å². The lowest BCUT2D eigenvalue weighted by molar-refractivity contribution is -0.152. The highest BCUT2D eigenvalue weighted by molar-refractivity contribution is 6.31. The van der Waals surface area contributed by atoms with Crippen molar-refractivity contribution >= 4 is 35.3 Å². The third kappa shape index (κ3) is 6.28. The van der Waals surface area contributed by atoms with Crippen LogP contribution in [0.2, 0.25) is 5.02 Å². The van der Waals surface area contributed by atoms with Gasteiger partial charge in [0.25, 0.3) is 5.91 Å². The maximum Gasteiger partial charge on any atom is 0.310 e. The van der Waals surface area contributed by atoms with Gasteiger partial charge in [0.1, 0.15) is 17.3 Å². The fourth-order valence-electron chi connectivity index (χ4n) is 5.35. The Morgan fingerprint density at radius 3 is 2.37 bits per heavy atom. The molecule has 1 aliphatic heterocycles. The zero-order valence-electron chi connectivity index (χ0n) is 22.8. The van der Waals surface area contributed by atoms with Gasteiger partial charge in [-0.15, -0.1) is 0 Å². The molecule has 2 aliphatic rings. The maximum absolute atomic E-state index is 14.1. The van der Waals surface area contributed by atoms with Crippen LogP contribution in [-0.4, -0.2) is 43.4 Å². The Balaban J connectivity index is 1.40. The van der Waals surface area contributed by atoms with Gasteiger partial charge in [0.15, 0.2) is 6.61 Å². The zero-order valence-corrected chi connectivity index (χ0v) is 23.6. The molecular weight excluding hydrogens is 547 g/mol. The van der Waals surface area contributed by atoms with Crippen molar-refractivity contribution in [3.8, 4) is 11.5 Å². The number of ether oxygens (including phenoxy) is 3. The first kappa shape index (κ1) is 28.4. The molecule has 1 heterocycles. The average molecular weight is 577 g/mol. The number of nitrogens with zero attached hydrogens (tertiary/aromatic N) is 2. The van der Waals surface area contributed by atoms with E-state index in [9.17, 15) is 14.0 Å². The van der Waals surface area contributed by atoms with Crippen molar-refractivity contribution in [2.45, 2.75) is 31.7 Å². The van der Waals surface area contributed by atoms with Gasteiger partial charge in [-0.05, 0) is 78.4 Å². The first-order valence-corrected chi connectivity index (χ1v) is 13.7. The van der Waals surface area contributed by atoms with Crippen molar-refractivity contribution in [2.24, 2.45) is 11.0 Å². The normalized spacial score (nSPS) is 19.0. The summed E-state index contributed by atoms with van der Waals surface area (Å²) in [6.45, 7) is -0.529. The van der Waals surface area contributed by atoms with Crippen LogP contribution in [0.25, 0.3) is 6.08 Å². The van der Waals surface area contributed by atoms with Gasteiger partial charge in [-0.1, -0.05) is 41.9 Å². The van der Waals surface area contributed by atoms with Crippen molar-refractivity contribution in [3.63, 3.8) is 0 Å². The fraction of sp³-hybridized carbons (Fsp3) is 0.281. The van der Waals surface area contributed by atoms with Gasteiger partial charge in [-0.25, -0.2) is 9.40 Å². The quantitative estimate of drug-likeness (QED) is 0.290. The summed E-state index contributed by atoms with van der Waals surface area (Å²) in [5.41, 5.74) is 3.86. The number of benzene rings is 3. The van der Waals surface area contributed by atoms with Gasteiger partial charge in [0.2, 0.25) is 0 Å². The molecule has 9 heteroatoms. The molecule has 1 amide bonds. The molecule has 2 unspecified atom stereocenters. The van der Waals surface area contributed by atoms with Crippen molar-refractivity contribution < 1.29 is 28.2 Å². The van der Waals surface area contributed by atoms with Crippen LogP contribution in [0.5, 0.6) is 11.5 Å². The lowest BCUT2D eigenvalue weighted by Gasteiger charge is -2.29. The van der Waals surface area contributed by atoms with Crippen LogP contribution >= 0.6 is 11.6 Å². The summed E-state index contributed by atoms with van der Waals surface area (Å²) in [4.78, 5) is 26.0. The monoisotopic (exact) mass is 576 g/mol. The molecule has 5 rings (SSSR count). The van der Waals surface area contributed by atoms with Crippen molar-refractivity contribution in [1.82, 2.24) is 5.01 Å². The largest absolute Gasteiger partial charge is 0.497 e. The number of carbonyl (C=O) groups is 2. The minimum absolute atomic E-state index is 0.0292. The van der Waals surface area contributed by atoms with Gasteiger partial charge in [-0.3, -0.25) is 9.59 Å². The second-order valence-corrected chi connectivity index (χ2v) is 10.3. The number of hydrazone groups is 1. The molecule has 3 aromatic carbocycles. The molecule has 2 atom stereocenters. The summed E-state index contributed by atoms with van der Waals surface area (Å²) in [6.07, 6.45) is 4.34. The number of carbonyl (C=O) groups excluding carboxylic acids is 2. The minimum Gasteiger partial charge on any atom is -0.497 e. The van der Waals surface area contributed by atoms with Crippen LogP contribution in [0, 0.1) is 11.7 Å². The van der Waals surface area contributed by atoms with Crippen molar-refractivity contribution in [1.29, 1.82) is 0 Å². The Morgan fingerprint density at radius 2 is 1.71 bits per heavy atom. The van der Waals surface area contributed by atoms with E-state index in [1.807, 2.05) is 48.5 Å². The van der Waals surface area contributed by atoms with Crippen LogP contribution in [-0.2, 0) is 20.7 Å². The summed E-state index contributed by atoms with van der Waals surface area (Å²) < 4.78 is 30.0. The Bertz CT molecular complexity index is 1470. The van der Waals surface area contributed by atoms with Crippen LogP contribution in [0.15, 0.2) is 77.4 Å². The van der Waals surface area contributed by atoms with Gasteiger partial charge >= 0.3 is 5.97 Å². The highest BCUT2D eigenvalue weighted by atomic mass is 35.5. The summed E-state index contributed by atoms with van der Waals surface area (Å²) in [6, 6.07) is 19.1. The van der Waals surface area contributed by atoms with Gasteiger partial charge in [0, 0.05) is 16.5 Å². The van der Waals surface area contributed by atoms with Crippen molar-refractivity contribution in [3.05, 3.63) is 99.8 Å². The molecule has 0 radical (unpaired) electrons. The average Bonchev–Trinajstić information content (AvgIpc) is 3.39.